The van der Waals surface area contributed by atoms with E-state index in [4.69, 9.17) is 9.47 Å². The Hall–Kier alpha value is -3.15. The standard InChI is InChI=1S/C37H55NO5/c1-2-3-4-5-6-7-8-9-10-11-12-13-14-15-22-27-35(39)38-34(37(41)43-31-33-25-20-17-21-26-33)28-29-36(40)42-30-32-23-18-16-19-24-32/h16-21,23-26,34H,2-15,22,27-31H2,1H3,(H,38,39)/t34-/m0/s1. The fraction of sp³-hybridized carbons (Fsp3) is 0.595. The Kier molecular flexibility index (Phi) is 20.4. The molecule has 2 rings (SSSR count). The highest BCUT2D eigenvalue weighted by atomic mass is 16.5. The lowest BCUT2D eigenvalue weighted by molar-refractivity contribution is -0.150. The van der Waals surface area contributed by atoms with Crippen LogP contribution in [0.25, 0.3) is 0 Å². The van der Waals surface area contributed by atoms with Gasteiger partial charge in [0.15, 0.2) is 0 Å². The third kappa shape index (κ3) is 18.9. The Balaban J connectivity index is 1.62. The molecule has 0 saturated carbocycles. The van der Waals surface area contributed by atoms with Crippen molar-refractivity contribution in [3.05, 3.63) is 71.8 Å². The average molecular weight is 594 g/mol. The van der Waals surface area contributed by atoms with Crippen LogP contribution in [0.5, 0.6) is 0 Å². The van der Waals surface area contributed by atoms with Gasteiger partial charge in [0.1, 0.15) is 19.3 Å². The number of amides is 1. The molecule has 2 aromatic carbocycles. The Morgan fingerprint density at radius 3 is 1.51 bits per heavy atom. The Labute approximate surface area is 260 Å². The minimum Gasteiger partial charge on any atom is -0.461 e. The summed E-state index contributed by atoms with van der Waals surface area (Å²) in [5.41, 5.74) is 1.76. The molecule has 0 aliphatic carbocycles. The SMILES string of the molecule is CCCCCCCCCCCCCCCCCC(=O)N[C@@H](CCC(=O)OCc1ccccc1)C(=O)OCc1ccccc1. The molecule has 0 radical (unpaired) electrons. The van der Waals surface area contributed by atoms with Crippen LogP contribution >= 0.6 is 0 Å². The molecule has 0 aromatic heterocycles. The first-order valence-electron chi connectivity index (χ1n) is 16.8. The normalized spacial score (nSPS) is 11.6. The Morgan fingerprint density at radius 2 is 1.02 bits per heavy atom. The summed E-state index contributed by atoms with van der Waals surface area (Å²) in [5.74, 6) is -1.14. The number of carbonyl (C=O) groups is 3. The predicted molar refractivity (Wildman–Crippen MR) is 173 cm³/mol. The lowest BCUT2D eigenvalue weighted by Crippen LogP contribution is -2.42. The third-order valence-electron chi connectivity index (χ3n) is 7.73. The molecule has 6 nitrogen and oxygen atoms in total. The number of benzene rings is 2. The molecule has 0 fully saturated rings. The molecule has 1 atom stereocenters. The summed E-state index contributed by atoms with van der Waals surface area (Å²) in [4.78, 5) is 37.9. The van der Waals surface area contributed by atoms with Crippen molar-refractivity contribution in [2.75, 3.05) is 0 Å². The average Bonchev–Trinajstić information content (AvgIpc) is 3.03. The van der Waals surface area contributed by atoms with Crippen molar-refractivity contribution in [3.63, 3.8) is 0 Å². The number of nitrogens with one attached hydrogen (secondary N) is 1. The highest BCUT2D eigenvalue weighted by Gasteiger charge is 2.23. The molecule has 238 valence electrons. The maximum absolute atomic E-state index is 12.9. The summed E-state index contributed by atoms with van der Waals surface area (Å²) in [5, 5.41) is 2.81. The van der Waals surface area contributed by atoms with Crippen molar-refractivity contribution in [3.8, 4) is 0 Å². The lowest BCUT2D eigenvalue weighted by Gasteiger charge is -2.18. The molecule has 0 unspecified atom stereocenters. The van der Waals surface area contributed by atoms with Gasteiger partial charge in [-0.25, -0.2) is 4.79 Å². The van der Waals surface area contributed by atoms with Gasteiger partial charge in [0, 0.05) is 12.8 Å². The Bertz CT molecular complexity index is 995. The first-order chi connectivity index (χ1) is 21.1. The molecule has 0 saturated heterocycles. The number of esters is 2. The number of hydrogen-bond acceptors (Lipinski definition) is 5. The zero-order chi connectivity index (χ0) is 30.8. The second-order valence-electron chi connectivity index (χ2n) is 11.6. The van der Waals surface area contributed by atoms with Gasteiger partial charge in [-0.2, -0.15) is 0 Å². The molecule has 0 spiro atoms. The van der Waals surface area contributed by atoms with Gasteiger partial charge >= 0.3 is 11.9 Å². The predicted octanol–water partition coefficient (Wildman–Crippen LogP) is 9.00. The van der Waals surface area contributed by atoms with Crippen LogP contribution in [0.15, 0.2) is 60.7 Å². The largest absolute Gasteiger partial charge is 0.461 e. The van der Waals surface area contributed by atoms with E-state index < -0.39 is 18.0 Å². The van der Waals surface area contributed by atoms with Crippen molar-refractivity contribution in [2.45, 2.75) is 142 Å². The van der Waals surface area contributed by atoms with Crippen molar-refractivity contribution >= 4 is 17.8 Å². The van der Waals surface area contributed by atoms with Crippen LogP contribution in [-0.2, 0) is 37.1 Å². The van der Waals surface area contributed by atoms with Crippen LogP contribution < -0.4 is 5.32 Å². The van der Waals surface area contributed by atoms with E-state index in [1.807, 2.05) is 60.7 Å². The second kappa shape index (κ2) is 24.3. The maximum atomic E-state index is 12.9. The first kappa shape index (κ1) is 36.0. The van der Waals surface area contributed by atoms with E-state index >= 15 is 0 Å². The molecule has 6 heteroatoms. The zero-order valence-corrected chi connectivity index (χ0v) is 26.5. The minimum absolute atomic E-state index is 0.0111. The number of hydrogen-bond donors (Lipinski definition) is 1. The molecule has 2 aromatic rings. The van der Waals surface area contributed by atoms with E-state index in [-0.39, 0.29) is 32.0 Å². The molecule has 43 heavy (non-hydrogen) atoms. The molecule has 1 N–H and O–H groups in total. The number of rotatable bonds is 25. The van der Waals surface area contributed by atoms with Gasteiger partial charge in [-0.3, -0.25) is 9.59 Å². The summed E-state index contributed by atoms with van der Waals surface area (Å²) in [6, 6.07) is 17.9. The first-order valence-corrected chi connectivity index (χ1v) is 16.8. The van der Waals surface area contributed by atoms with Gasteiger partial charge in [0.25, 0.3) is 0 Å². The number of ether oxygens (including phenoxy) is 2. The lowest BCUT2D eigenvalue weighted by atomic mass is 10.0. The van der Waals surface area contributed by atoms with Gasteiger partial charge < -0.3 is 14.8 Å². The molecule has 0 heterocycles. The fourth-order valence-electron chi connectivity index (χ4n) is 5.07. The van der Waals surface area contributed by atoms with Crippen LogP contribution in [-0.4, -0.2) is 23.9 Å². The van der Waals surface area contributed by atoms with E-state index in [0.717, 1.165) is 30.4 Å². The van der Waals surface area contributed by atoms with Crippen LogP contribution in [0, 0.1) is 0 Å². The maximum Gasteiger partial charge on any atom is 0.328 e. The minimum atomic E-state index is -0.892. The van der Waals surface area contributed by atoms with Crippen LogP contribution in [0.1, 0.15) is 134 Å². The van der Waals surface area contributed by atoms with E-state index in [0.29, 0.717) is 6.42 Å². The smallest absolute Gasteiger partial charge is 0.328 e. The van der Waals surface area contributed by atoms with Gasteiger partial charge in [-0.15, -0.1) is 0 Å². The zero-order valence-electron chi connectivity index (χ0n) is 26.5. The number of carbonyl (C=O) groups excluding carboxylic acids is 3. The van der Waals surface area contributed by atoms with E-state index in [1.165, 1.54) is 77.0 Å². The van der Waals surface area contributed by atoms with Gasteiger partial charge in [-0.05, 0) is 24.0 Å². The molecular formula is C37H55NO5. The molecule has 0 aliphatic heterocycles. The summed E-state index contributed by atoms with van der Waals surface area (Å²) in [7, 11) is 0. The molecule has 1 amide bonds. The molecule has 0 bridgehead atoms. The van der Waals surface area contributed by atoms with E-state index in [9.17, 15) is 14.4 Å². The van der Waals surface area contributed by atoms with Crippen molar-refractivity contribution in [2.24, 2.45) is 0 Å². The van der Waals surface area contributed by atoms with Crippen LogP contribution in [0.3, 0.4) is 0 Å². The highest BCUT2D eigenvalue weighted by Crippen LogP contribution is 2.14. The van der Waals surface area contributed by atoms with Crippen LogP contribution in [0.2, 0.25) is 0 Å². The van der Waals surface area contributed by atoms with Crippen molar-refractivity contribution in [1.82, 2.24) is 5.32 Å². The summed E-state index contributed by atoms with van der Waals surface area (Å²) in [6.45, 7) is 2.55. The van der Waals surface area contributed by atoms with Crippen molar-refractivity contribution in [1.29, 1.82) is 0 Å². The fourth-order valence-corrected chi connectivity index (χ4v) is 5.07. The van der Waals surface area contributed by atoms with E-state index in [2.05, 4.69) is 12.2 Å². The summed E-state index contributed by atoms with van der Waals surface area (Å²) in [6.07, 6.45) is 19.5. The van der Waals surface area contributed by atoms with Crippen molar-refractivity contribution < 1.29 is 23.9 Å². The van der Waals surface area contributed by atoms with Gasteiger partial charge in [0.2, 0.25) is 5.91 Å². The Morgan fingerprint density at radius 1 is 0.581 bits per heavy atom. The quantitative estimate of drug-likeness (QED) is 0.0918. The van der Waals surface area contributed by atoms with Crippen LogP contribution in [0.4, 0.5) is 0 Å². The number of unbranched alkanes of at least 4 members (excludes halogenated alkanes) is 14. The second-order valence-corrected chi connectivity index (χ2v) is 11.6. The molecule has 0 aliphatic rings. The van der Waals surface area contributed by atoms with Gasteiger partial charge in [-0.1, -0.05) is 157 Å². The highest BCUT2D eigenvalue weighted by molar-refractivity contribution is 5.85. The summed E-state index contributed by atoms with van der Waals surface area (Å²) >= 11 is 0. The monoisotopic (exact) mass is 593 g/mol. The summed E-state index contributed by atoms with van der Waals surface area (Å²) < 4.78 is 10.8. The third-order valence-corrected chi connectivity index (χ3v) is 7.73. The van der Waals surface area contributed by atoms with Gasteiger partial charge in [0.05, 0.1) is 0 Å². The van der Waals surface area contributed by atoms with E-state index in [1.54, 1.807) is 0 Å². The topological polar surface area (TPSA) is 81.7 Å². The molecular weight excluding hydrogens is 538 g/mol.